The molecule has 6 heteroatoms. The molecule has 0 saturated carbocycles. The maximum atomic E-state index is 13.4. The van der Waals surface area contributed by atoms with Crippen molar-refractivity contribution in [1.82, 2.24) is 0 Å². The lowest BCUT2D eigenvalue weighted by Gasteiger charge is -2.37. The third-order valence-corrected chi connectivity index (χ3v) is 5.96. The first kappa shape index (κ1) is 15.9. The van der Waals surface area contributed by atoms with Gasteiger partial charge in [-0.05, 0) is 24.6 Å². The molecule has 3 aliphatic carbocycles. The number of Topliss-reactive ketones (excluding diaryl/α,β-unsaturated/α-hetero) is 2. The monoisotopic (exact) mass is 354 g/mol. The number of hydrogen-bond donors (Lipinski definition) is 2. The first-order valence-corrected chi connectivity index (χ1v) is 8.56. The standard InChI is InChI=1S/C20H18O6/c1-18(24)8-10-6-7-19-17(23)14-11(4-3-5-13(14)25-2)16(22)20(19,26-19)15(10)12(21)9-18/h3-7,17,23-24H,8-9H2,1-2H3. The van der Waals surface area contributed by atoms with Gasteiger partial charge in [-0.3, -0.25) is 9.59 Å². The Balaban J connectivity index is 1.75. The lowest BCUT2D eigenvalue weighted by molar-refractivity contribution is -0.121. The van der Waals surface area contributed by atoms with Gasteiger partial charge in [0, 0.05) is 29.5 Å². The van der Waals surface area contributed by atoms with Crippen LogP contribution in [0.3, 0.4) is 0 Å². The van der Waals surface area contributed by atoms with Crippen molar-refractivity contribution in [2.75, 3.05) is 7.11 Å². The van der Waals surface area contributed by atoms with Crippen molar-refractivity contribution in [3.05, 3.63) is 52.6 Å². The Morgan fingerprint density at radius 1 is 1.27 bits per heavy atom. The van der Waals surface area contributed by atoms with Gasteiger partial charge in [0.2, 0.25) is 5.78 Å². The SMILES string of the molecule is COc1cccc2c1C(O)C13C=CC4=C(C(=O)CC(C)(O)C4)C1(O3)C2=O. The molecular weight excluding hydrogens is 336 g/mol. The van der Waals surface area contributed by atoms with Crippen LogP contribution in [0.25, 0.3) is 0 Å². The summed E-state index contributed by atoms with van der Waals surface area (Å²) in [5.74, 6) is -0.245. The molecule has 26 heavy (non-hydrogen) atoms. The molecule has 1 aromatic carbocycles. The number of hydrogen-bond acceptors (Lipinski definition) is 6. The van der Waals surface area contributed by atoms with Crippen molar-refractivity contribution < 1.29 is 29.3 Å². The van der Waals surface area contributed by atoms with Gasteiger partial charge in [-0.25, -0.2) is 0 Å². The van der Waals surface area contributed by atoms with Crippen molar-refractivity contribution in [1.29, 1.82) is 0 Å². The second-order valence-corrected chi connectivity index (χ2v) is 7.74. The quantitative estimate of drug-likeness (QED) is 0.741. The van der Waals surface area contributed by atoms with E-state index < -0.39 is 22.9 Å². The molecule has 4 aliphatic rings. The summed E-state index contributed by atoms with van der Waals surface area (Å²) in [6, 6.07) is 4.98. The van der Waals surface area contributed by atoms with Gasteiger partial charge in [0.25, 0.3) is 0 Å². The van der Waals surface area contributed by atoms with Gasteiger partial charge in [-0.2, -0.15) is 0 Å². The van der Waals surface area contributed by atoms with E-state index in [2.05, 4.69) is 0 Å². The van der Waals surface area contributed by atoms with Gasteiger partial charge in [-0.1, -0.05) is 18.2 Å². The molecule has 4 atom stereocenters. The molecule has 1 aromatic rings. The van der Waals surface area contributed by atoms with Crippen molar-refractivity contribution in [2.45, 2.75) is 42.7 Å². The Labute approximate surface area is 149 Å². The number of allylic oxidation sites excluding steroid dienone is 1. The Morgan fingerprint density at radius 2 is 2.04 bits per heavy atom. The highest BCUT2D eigenvalue weighted by molar-refractivity contribution is 6.19. The summed E-state index contributed by atoms with van der Waals surface area (Å²) in [7, 11) is 1.48. The molecule has 1 aliphatic heterocycles. The maximum Gasteiger partial charge on any atom is 0.203 e. The summed E-state index contributed by atoms with van der Waals surface area (Å²) in [5, 5.41) is 21.4. The molecule has 134 valence electrons. The second-order valence-electron chi connectivity index (χ2n) is 7.74. The van der Waals surface area contributed by atoms with Crippen LogP contribution in [0.5, 0.6) is 5.75 Å². The van der Waals surface area contributed by atoms with Gasteiger partial charge in [0.05, 0.1) is 12.7 Å². The van der Waals surface area contributed by atoms with E-state index in [1.54, 1.807) is 37.3 Å². The highest BCUT2D eigenvalue weighted by Gasteiger charge is 2.83. The maximum absolute atomic E-state index is 13.4. The molecule has 5 rings (SSSR count). The average molecular weight is 354 g/mol. The van der Waals surface area contributed by atoms with Gasteiger partial charge in [-0.15, -0.1) is 0 Å². The molecule has 6 nitrogen and oxygen atoms in total. The number of carbonyl (C=O) groups is 2. The number of ketones is 2. The van der Waals surface area contributed by atoms with Crippen LogP contribution in [0.1, 0.15) is 41.8 Å². The molecule has 1 heterocycles. The largest absolute Gasteiger partial charge is 0.496 e. The van der Waals surface area contributed by atoms with E-state index in [0.717, 1.165) is 0 Å². The number of benzene rings is 1. The number of ether oxygens (including phenoxy) is 2. The summed E-state index contributed by atoms with van der Waals surface area (Å²) >= 11 is 0. The number of rotatable bonds is 1. The van der Waals surface area contributed by atoms with E-state index >= 15 is 0 Å². The molecule has 0 aromatic heterocycles. The third-order valence-electron chi connectivity index (χ3n) is 5.96. The molecular formula is C20H18O6. The highest BCUT2D eigenvalue weighted by Crippen LogP contribution is 2.68. The number of epoxide rings is 1. The van der Waals surface area contributed by atoms with Crippen LogP contribution in [0, 0.1) is 0 Å². The molecule has 0 spiro atoms. The van der Waals surface area contributed by atoms with Crippen LogP contribution in [0.15, 0.2) is 41.5 Å². The third kappa shape index (κ3) is 1.58. The highest BCUT2D eigenvalue weighted by atomic mass is 16.6. The first-order valence-electron chi connectivity index (χ1n) is 8.56. The van der Waals surface area contributed by atoms with E-state index in [1.807, 2.05) is 0 Å². The molecule has 0 amide bonds. The predicted molar refractivity (Wildman–Crippen MR) is 89.9 cm³/mol. The minimum Gasteiger partial charge on any atom is -0.496 e. The fourth-order valence-corrected chi connectivity index (χ4v) is 4.87. The van der Waals surface area contributed by atoms with Gasteiger partial charge in [0.1, 0.15) is 11.9 Å². The second kappa shape index (κ2) is 4.52. The van der Waals surface area contributed by atoms with Crippen LogP contribution in [-0.4, -0.2) is 45.7 Å². The van der Waals surface area contributed by atoms with Crippen LogP contribution in [0.4, 0.5) is 0 Å². The molecule has 0 radical (unpaired) electrons. The smallest absolute Gasteiger partial charge is 0.203 e. The number of aliphatic hydroxyl groups excluding tert-OH is 1. The van der Waals surface area contributed by atoms with Crippen LogP contribution in [-0.2, 0) is 9.53 Å². The average Bonchev–Trinajstić information content (AvgIpc) is 3.30. The zero-order valence-electron chi connectivity index (χ0n) is 14.4. The zero-order valence-corrected chi connectivity index (χ0v) is 14.4. The molecule has 4 unspecified atom stereocenters. The van der Waals surface area contributed by atoms with E-state index in [1.165, 1.54) is 7.11 Å². The van der Waals surface area contributed by atoms with E-state index in [9.17, 15) is 19.8 Å². The number of fused-ring (bicyclic) bond motifs is 1. The topological polar surface area (TPSA) is 96.4 Å². The van der Waals surface area contributed by atoms with Crippen molar-refractivity contribution in [3.8, 4) is 5.75 Å². The van der Waals surface area contributed by atoms with Gasteiger partial charge in [0.15, 0.2) is 17.0 Å². The molecule has 1 saturated heterocycles. The predicted octanol–water partition coefficient (Wildman–Crippen LogP) is 1.41. The molecule has 2 N–H and O–H groups in total. The Morgan fingerprint density at radius 3 is 2.77 bits per heavy atom. The summed E-state index contributed by atoms with van der Waals surface area (Å²) in [6.07, 6.45) is 2.41. The summed E-state index contributed by atoms with van der Waals surface area (Å²) in [5.41, 5.74) is -2.36. The molecule has 0 bridgehead atoms. The Bertz CT molecular complexity index is 955. The summed E-state index contributed by atoms with van der Waals surface area (Å²) < 4.78 is 11.2. The zero-order chi connectivity index (χ0) is 18.5. The van der Waals surface area contributed by atoms with Gasteiger partial charge >= 0.3 is 0 Å². The van der Waals surface area contributed by atoms with Crippen LogP contribution < -0.4 is 4.74 Å². The summed E-state index contributed by atoms with van der Waals surface area (Å²) in [4.78, 5) is 26.2. The normalized spacial score (nSPS) is 39.8. The van der Waals surface area contributed by atoms with Crippen molar-refractivity contribution in [2.24, 2.45) is 0 Å². The van der Waals surface area contributed by atoms with Crippen molar-refractivity contribution >= 4 is 11.6 Å². The number of aliphatic hydroxyl groups is 2. The van der Waals surface area contributed by atoms with Gasteiger partial charge < -0.3 is 19.7 Å². The minimum atomic E-state index is -1.50. The minimum absolute atomic E-state index is 0.0742. The van der Waals surface area contributed by atoms with Crippen LogP contribution >= 0.6 is 0 Å². The number of methoxy groups -OCH3 is 1. The molecule has 1 fully saturated rings. The fraction of sp³-hybridized carbons (Fsp3) is 0.400. The summed E-state index contributed by atoms with van der Waals surface area (Å²) in [6.45, 7) is 1.60. The van der Waals surface area contributed by atoms with E-state index in [0.29, 0.717) is 22.4 Å². The lowest BCUT2D eigenvalue weighted by atomic mass is 9.62. The van der Waals surface area contributed by atoms with E-state index in [4.69, 9.17) is 9.47 Å². The van der Waals surface area contributed by atoms with E-state index in [-0.39, 0.29) is 30.0 Å². The number of carbonyl (C=O) groups excluding carboxylic acids is 2. The lowest BCUT2D eigenvalue weighted by Crippen LogP contribution is -2.50. The van der Waals surface area contributed by atoms with Crippen molar-refractivity contribution in [3.63, 3.8) is 0 Å². The Kier molecular flexibility index (Phi) is 2.77. The fourth-order valence-electron chi connectivity index (χ4n) is 4.87. The van der Waals surface area contributed by atoms with Crippen LogP contribution in [0.2, 0.25) is 0 Å². The first-order chi connectivity index (χ1) is 12.3. The Hall–Kier alpha value is -2.28.